The monoisotopic (exact) mass is 381 g/mol. The number of nitrogens with zero attached hydrogens (tertiary/aromatic N) is 2. The van der Waals surface area contributed by atoms with Gasteiger partial charge in [0.1, 0.15) is 11.4 Å². The summed E-state index contributed by atoms with van der Waals surface area (Å²) >= 11 is 0. The number of imidazole rings is 1. The highest BCUT2D eigenvalue weighted by molar-refractivity contribution is 7.91. The number of fused-ring (bicyclic) bond motifs is 1. The van der Waals surface area contributed by atoms with Crippen LogP contribution in [0.2, 0.25) is 0 Å². The summed E-state index contributed by atoms with van der Waals surface area (Å²) in [7, 11) is -3.45. The molecule has 4 rings (SSSR count). The maximum Gasteiger partial charge on any atom is 0.270 e. The molecule has 0 unspecified atom stereocenters. The van der Waals surface area contributed by atoms with Gasteiger partial charge in [0.25, 0.3) is 5.91 Å². The van der Waals surface area contributed by atoms with Crippen LogP contribution in [-0.2, 0) is 22.9 Å². The number of aromatic nitrogens is 2. The van der Waals surface area contributed by atoms with Gasteiger partial charge in [-0.1, -0.05) is 54.6 Å². The first-order chi connectivity index (χ1) is 13.0. The fourth-order valence-corrected chi connectivity index (χ4v) is 4.63. The molecule has 1 aromatic heterocycles. The Labute approximate surface area is 157 Å². The van der Waals surface area contributed by atoms with Crippen LogP contribution in [0, 0.1) is 6.92 Å². The third-order valence-corrected chi connectivity index (χ3v) is 6.35. The normalized spacial score (nSPS) is 14.7. The molecule has 1 N–H and O–H groups in total. The van der Waals surface area contributed by atoms with Crippen LogP contribution in [0.4, 0.5) is 0 Å². The van der Waals surface area contributed by atoms with Gasteiger partial charge < -0.3 is 9.88 Å². The summed E-state index contributed by atoms with van der Waals surface area (Å²) in [6.45, 7) is 2.59. The Hall–Kier alpha value is -2.93. The van der Waals surface area contributed by atoms with Crippen molar-refractivity contribution in [3.8, 4) is 11.3 Å². The lowest BCUT2D eigenvalue weighted by Gasteiger charge is -2.10. The first kappa shape index (κ1) is 17.5. The van der Waals surface area contributed by atoms with E-state index in [4.69, 9.17) is 0 Å². The highest BCUT2D eigenvalue weighted by Crippen LogP contribution is 2.30. The van der Waals surface area contributed by atoms with Crippen LogP contribution in [0.15, 0.2) is 59.8 Å². The maximum atomic E-state index is 13.0. The Morgan fingerprint density at radius 2 is 1.81 bits per heavy atom. The lowest BCUT2D eigenvalue weighted by molar-refractivity contribution is 0.0942. The summed E-state index contributed by atoms with van der Waals surface area (Å²) in [5.74, 6) is -0.351. The average molecular weight is 381 g/mol. The van der Waals surface area contributed by atoms with Gasteiger partial charge in [0.2, 0.25) is 15.0 Å². The average Bonchev–Trinajstić information content (AvgIpc) is 3.19. The number of hydrogen-bond acceptors (Lipinski definition) is 4. The minimum atomic E-state index is -3.45. The van der Waals surface area contributed by atoms with Gasteiger partial charge in [0.15, 0.2) is 0 Å². The Bertz CT molecular complexity index is 1120. The fourth-order valence-electron chi connectivity index (χ4n) is 3.28. The highest BCUT2D eigenvalue weighted by atomic mass is 32.2. The summed E-state index contributed by atoms with van der Waals surface area (Å²) in [5, 5.41) is 2.89. The van der Waals surface area contributed by atoms with E-state index in [1.807, 2.05) is 61.5 Å². The van der Waals surface area contributed by atoms with Gasteiger partial charge in [-0.15, -0.1) is 0 Å². The lowest BCUT2D eigenvalue weighted by atomic mass is 10.1. The molecule has 2 aromatic carbocycles. The minimum absolute atomic E-state index is 0.0253. The molecule has 1 aliphatic heterocycles. The summed E-state index contributed by atoms with van der Waals surface area (Å²) in [6.07, 6.45) is 0. The Balaban J connectivity index is 1.73. The molecule has 7 heteroatoms. The van der Waals surface area contributed by atoms with Crippen molar-refractivity contribution < 1.29 is 13.2 Å². The van der Waals surface area contributed by atoms with E-state index in [0.29, 0.717) is 17.9 Å². The summed E-state index contributed by atoms with van der Waals surface area (Å²) in [5.41, 5.74) is 3.51. The number of benzene rings is 2. The van der Waals surface area contributed by atoms with Gasteiger partial charge in [0.05, 0.1) is 5.75 Å². The molecule has 138 valence electrons. The maximum absolute atomic E-state index is 13.0. The topological polar surface area (TPSA) is 81.1 Å². The molecule has 1 amide bonds. The quantitative estimate of drug-likeness (QED) is 0.753. The molecule has 27 heavy (non-hydrogen) atoms. The van der Waals surface area contributed by atoms with Crippen LogP contribution in [0.5, 0.6) is 0 Å². The van der Waals surface area contributed by atoms with Crippen LogP contribution in [-0.4, -0.2) is 29.6 Å². The zero-order valence-corrected chi connectivity index (χ0v) is 15.7. The van der Waals surface area contributed by atoms with Crippen LogP contribution in [0.1, 0.15) is 21.6 Å². The van der Waals surface area contributed by atoms with Gasteiger partial charge in [-0.05, 0) is 18.1 Å². The molecule has 0 bridgehead atoms. The number of carbonyl (C=O) groups is 1. The van der Waals surface area contributed by atoms with Crippen molar-refractivity contribution in [3.63, 3.8) is 0 Å². The molecule has 6 nitrogen and oxygen atoms in total. The molecule has 2 heterocycles. The fraction of sp³-hybridized carbons (Fsp3) is 0.200. The van der Waals surface area contributed by atoms with Gasteiger partial charge in [-0.2, -0.15) is 0 Å². The van der Waals surface area contributed by atoms with E-state index >= 15 is 0 Å². The Morgan fingerprint density at radius 3 is 2.56 bits per heavy atom. The lowest BCUT2D eigenvalue weighted by Crippen LogP contribution is -2.26. The molecule has 0 radical (unpaired) electrons. The van der Waals surface area contributed by atoms with E-state index in [1.165, 1.54) is 4.57 Å². The van der Waals surface area contributed by atoms with Crippen molar-refractivity contribution in [2.24, 2.45) is 0 Å². The van der Waals surface area contributed by atoms with Crippen molar-refractivity contribution in [2.45, 2.75) is 25.2 Å². The highest BCUT2D eigenvalue weighted by Gasteiger charge is 2.35. The summed E-state index contributed by atoms with van der Waals surface area (Å²) in [4.78, 5) is 17.3. The number of rotatable bonds is 4. The second-order valence-electron chi connectivity index (χ2n) is 6.54. The third-order valence-electron chi connectivity index (χ3n) is 4.76. The van der Waals surface area contributed by atoms with E-state index in [-0.39, 0.29) is 23.4 Å². The van der Waals surface area contributed by atoms with Crippen LogP contribution < -0.4 is 5.32 Å². The molecule has 0 saturated heterocycles. The van der Waals surface area contributed by atoms with Crippen molar-refractivity contribution in [1.82, 2.24) is 14.9 Å². The molecular weight excluding hydrogens is 362 g/mol. The Kier molecular flexibility index (Phi) is 4.31. The van der Waals surface area contributed by atoms with Crippen molar-refractivity contribution >= 4 is 15.7 Å². The van der Waals surface area contributed by atoms with Gasteiger partial charge in [0, 0.05) is 18.7 Å². The zero-order valence-electron chi connectivity index (χ0n) is 14.8. The standard InChI is InChI=1S/C20H19N3O3S/c1-14-7-5-6-10-16(14)13-21-19(24)18-17(15-8-3-2-4-9-15)22-20-23(18)11-12-27(20,25)26/h2-10H,11-13H2,1H3,(H,21,24). The summed E-state index contributed by atoms with van der Waals surface area (Å²) < 4.78 is 26.1. The van der Waals surface area contributed by atoms with Crippen LogP contribution in [0.25, 0.3) is 11.3 Å². The van der Waals surface area contributed by atoms with Crippen molar-refractivity contribution in [1.29, 1.82) is 0 Å². The van der Waals surface area contributed by atoms with Crippen LogP contribution in [0.3, 0.4) is 0 Å². The van der Waals surface area contributed by atoms with Crippen molar-refractivity contribution in [2.75, 3.05) is 5.75 Å². The first-order valence-corrected chi connectivity index (χ1v) is 10.3. The molecule has 1 aliphatic rings. The minimum Gasteiger partial charge on any atom is -0.347 e. The second kappa shape index (κ2) is 6.66. The van der Waals surface area contributed by atoms with Gasteiger partial charge >= 0.3 is 0 Å². The number of hydrogen-bond donors (Lipinski definition) is 1. The van der Waals surface area contributed by atoms with E-state index in [1.54, 1.807) is 0 Å². The number of nitrogens with one attached hydrogen (secondary N) is 1. The van der Waals surface area contributed by atoms with E-state index in [0.717, 1.165) is 16.7 Å². The molecular formula is C20H19N3O3S. The number of carbonyl (C=O) groups excluding carboxylic acids is 1. The molecule has 0 fully saturated rings. The molecule has 0 saturated carbocycles. The Morgan fingerprint density at radius 1 is 1.11 bits per heavy atom. The first-order valence-electron chi connectivity index (χ1n) is 8.69. The predicted molar refractivity (Wildman–Crippen MR) is 102 cm³/mol. The number of sulfone groups is 1. The third kappa shape index (κ3) is 3.14. The van der Waals surface area contributed by atoms with E-state index in [9.17, 15) is 13.2 Å². The van der Waals surface area contributed by atoms with Gasteiger partial charge in [-0.25, -0.2) is 13.4 Å². The summed E-state index contributed by atoms with van der Waals surface area (Å²) in [6, 6.07) is 17.0. The molecule has 0 spiro atoms. The number of amides is 1. The van der Waals surface area contributed by atoms with E-state index < -0.39 is 9.84 Å². The second-order valence-corrected chi connectivity index (χ2v) is 8.54. The smallest absolute Gasteiger partial charge is 0.270 e. The number of aryl methyl sites for hydroxylation is 1. The SMILES string of the molecule is Cc1ccccc1CNC(=O)c1c(-c2ccccc2)nc2n1CCS2(=O)=O. The molecule has 0 aliphatic carbocycles. The van der Waals surface area contributed by atoms with Gasteiger partial charge in [-0.3, -0.25) is 4.79 Å². The zero-order chi connectivity index (χ0) is 19.0. The molecule has 0 atom stereocenters. The predicted octanol–water partition coefficient (Wildman–Crippen LogP) is 2.58. The largest absolute Gasteiger partial charge is 0.347 e. The van der Waals surface area contributed by atoms with E-state index in [2.05, 4.69) is 10.3 Å². The molecule has 3 aromatic rings. The van der Waals surface area contributed by atoms with Crippen LogP contribution >= 0.6 is 0 Å². The van der Waals surface area contributed by atoms with Crippen molar-refractivity contribution in [3.05, 3.63) is 71.4 Å².